The highest BCUT2D eigenvalue weighted by molar-refractivity contribution is 9.10. The van der Waals surface area contributed by atoms with E-state index < -0.39 is 0 Å². The maximum atomic E-state index is 12.7. The molecular formula is C18H18BrNO. The van der Waals surface area contributed by atoms with Crippen LogP contribution in [0.15, 0.2) is 46.9 Å². The molecule has 3 rings (SSSR count). The molecule has 1 atom stereocenters. The first-order valence-electron chi connectivity index (χ1n) is 7.30. The van der Waals surface area contributed by atoms with Gasteiger partial charge in [0.1, 0.15) is 0 Å². The number of rotatable bonds is 2. The van der Waals surface area contributed by atoms with E-state index in [1.165, 1.54) is 11.1 Å². The van der Waals surface area contributed by atoms with Gasteiger partial charge in [-0.3, -0.25) is 4.79 Å². The number of amides is 1. The molecule has 0 saturated heterocycles. The second-order valence-electron chi connectivity index (χ2n) is 5.62. The molecule has 2 aromatic carbocycles. The molecular weight excluding hydrogens is 326 g/mol. The largest absolute Gasteiger partial charge is 0.325 e. The summed E-state index contributed by atoms with van der Waals surface area (Å²) in [5.41, 5.74) is 4.48. The Balaban J connectivity index is 1.85. The summed E-state index contributed by atoms with van der Waals surface area (Å²) < 4.78 is 0.922. The quantitative estimate of drug-likeness (QED) is 0.832. The molecule has 21 heavy (non-hydrogen) atoms. The molecule has 1 aliphatic rings. The van der Waals surface area contributed by atoms with E-state index in [1.54, 1.807) is 0 Å². The summed E-state index contributed by atoms with van der Waals surface area (Å²) in [6, 6.07) is 14.3. The minimum atomic E-state index is -0.0395. The fraction of sp³-hybridized carbons (Fsp3) is 0.278. The highest BCUT2D eigenvalue weighted by Gasteiger charge is 2.26. The second-order valence-corrected chi connectivity index (χ2v) is 6.47. The van der Waals surface area contributed by atoms with Gasteiger partial charge < -0.3 is 5.32 Å². The third-order valence-electron chi connectivity index (χ3n) is 4.07. The summed E-state index contributed by atoms with van der Waals surface area (Å²) in [6.07, 6.45) is 3.07. The Bertz CT molecular complexity index is 681. The van der Waals surface area contributed by atoms with E-state index in [4.69, 9.17) is 0 Å². The van der Waals surface area contributed by atoms with Crippen molar-refractivity contribution in [3.8, 4) is 0 Å². The zero-order valence-electron chi connectivity index (χ0n) is 12.0. The molecule has 1 aliphatic carbocycles. The number of fused-ring (bicyclic) bond motifs is 1. The number of hydrogen-bond donors (Lipinski definition) is 1. The maximum absolute atomic E-state index is 12.7. The van der Waals surface area contributed by atoms with Crippen molar-refractivity contribution in [1.29, 1.82) is 0 Å². The number of carbonyl (C=O) groups excluding carboxylic acids is 1. The number of halogens is 1. The Morgan fingerprint density at radius 3 is 2.90 bits per heavy atom. The van der Waals surface area contributed by atoms with E-state index in [0.29, 0.717) is 0 Å². The molecule has 0 spiro atoms. The van der Waals surface area contributed by atoms with Crippen molar-refractivity contribution in [2.75, 3.05) is 5.32 Å². The molecule has 3 heteroatoms. The topological polar surface area (TPSA) is 29.1 Å². The summed E-state index contributed by atoms with van der Waals surface area (Å²) in [4.78, 5) is 12.7. The van der Waals surface area contributed by atoms with Gasteiger partial charge in [0.25, 0.3) is 0 Å². The number of benzene rings is 2. The molecule has 0 saturated carbocycles. The van der Waals surface area contributed by atoms with E-state index >= 15 is 0 Å². The summed E-state index contributed by atoms with van der Waals surface area (Å²) in [5.74, 6) is 0.0517. The van der Waals surface area contributed by atoms with E-state index in [1.807, 2.05) is 31.2 Å². The molecule has 1 amide bonds. The van der Waals surface area contributed by atoms with E-state index in [0.717, 1.165) is 35.0 Å². The van der Waals surface area contributed by atoms with Gasteiger partial charge in [0.15, 0.2) is 0 Å². The van der Waals surface area contributed by atoms with Gasteiger partial charge in [-0.05, 0) is 70.9 Å². The third-order valence-corrected chi connectivity index (χ3v) is 4.76. The van der Waals surface area contributed by atoms with Gasteiger partial charge in [0.05, 0.1) is 11.6 Å². The van der Waals surface area contributed by atoms with Crippen LogP contribution in [0.5, 0.6) is 0 Å². The van der Waals surface area contributed by atoms with Gasteiger partial charge in [-0.15, -0.1) is 0 Å². The zero-order chi connectivity index (χ0) is 14.8. The Morgan fingerprint density at radius 2 is 2.05 bits per heavy atom. The Kier molecular flexibility index (Phi) is 4.11. The predicted molar refractivity (Wildman–Crippen MR) is 89.6 cm³/mol. The molecule has 0 aliphatic heterocycles. The van der Waals surface area contributed by atoms with Gasteiger partial charge in [-0.2, -0.15) is 0 Å². The van der Waals surface area contributed by atoms with Crippen LogP contribution in [0.2, 0.25) is 0 Å². The Morgan fingerprint density at radius 1 is 1.24 bits per heavy atom. The fourth-order valence-corrected chi connectivity index (χ4v) is 3.33. The van der Waals surface area contributed by atoms with Crippen LogP contribution in [0.25, 0.3) is 0 Å². The van der Waals surface area contributed by atoms with E-state index in [9.17, 15) is 4.79 Å². The van der Waals surface area contributed by atoms with Crippen LogP contribution in [-0.4, -0.2) is 5.91 Å². The number of anilines is 1. The summed E-state index contributed by atoms with van der Waals surface area (Å²) in [7, 11) is 0. The van der Waals surface area contributed by atoms with Crippen LogP contribution < -0.4 is 5.32 Å². The summed E-state index contributed by atoms with van der Waals surface area (Å²) in [6.45, 7) is 2.03. The molecule has 0 heterocycles. The maximum Gasteiger partial charge on any atom is 0.231 e. The molecule has 0 radical (unpaired) electrons. The van der Waals surface area contributed by atoms with E-state index in [-0.39, 0.29) is 11.8 Å². The van der Waals surface area contributed by atoms with Gasteiger partial charge in [-0.25, -0.2) is 0 Å². The van der Waals surface area contributed by atoms with Crippen LogP contribution in [0.3, 0.4) is 0 Å². The molecule has 2 nitrogen and oxygen atoms in total. The second kappa shape index (κ2) is 6.02. The van der Waals surface area contributed by atoms with Crippen molar-refractivity contribution in [2.24, 2.45) is 0 Å². The van der Waals surface area contributed by atoms with Gasteiger partial charge >= 0.3 is 0 Å². The van der Waals surface area contributed by atoms with Crippen LogP contribution in [-0.2, 0) is 11.2 Å². The van der Waals surface area contributed by atoms with Gasteiger partial charge in [0.2, 0.25) is 5.91 Å². The number of nitrogens with one attached hydrogen (secondary N) is 1. The lowest BCUT2D eigenvalue weighted by molar-refractivity contribution is -0.117. The highest BCUT2D eigenvalue weighted by atomic mass is 79.9. The van der Waals surface area contributed by atoms with Crippen molar-refractivity contribution in [2.45, 2.75) is 32.1 Å². The van der Waals surface area contributed by atoms with Crippen LogP contribution in [0, 0.1) is 6.92 Å². The molecule has 1 N–H and O–H groups in total. The molecule has 108 valence electrons. The Hall–Kier alpha value is -1.61. The standard InChI is InChI=1S/C18H18BrNO/c1-12-9-10-16(19)17(11-12)20-18(21)15-8-4-6-13-5-2-3-7-14(13)15/h2-3,5,7,9-11,15H,4,6,8H2,1H3,(H,20,21). The van der Waals surface area contributed by atoms with Crippen molar-refractivity contribution < 1.29 is 4.79 Å². The first-order valence-corrected chi connectivity index (χ1v) is 8.09. The summed E-state index contributed by atoms with van der Waals surface area (Å²) in [5, 5.41) is 3.08. The smallest absolute Gasteiger partial charge is 0.231 e. The number of hydrogen-bond acceptors (Lipinski definition) is 1. The highest BCUT2D eigenvalue weighted by Crippen LogP contribution is 2.33. The molecule has 0 fully saturated rings. The fourth-order valence-electron chi connectivity index (χ4n) is 2.98. The first kappa shape index (κ1) is 14.3. The van der Waals surface area contributed by atoms with Crippen molar-refractivity contribution in [1.82, 2.24) is 0 Å². The monoisotopic (exact) mass is 343 g/mol. The lowest BCUT2D eigenvalue weighted by Gasteiger charge is -2.25. The minimum absolute atomic E-state index is 0.0395. The molecule has 1 unspecified atom stereocenters. The average Bonchev–Trinajstić information content (AvgIpc) is 2.50. The average molecular weight is 344 g/mol. The van der Waals surface area contributed by atoms with Crippen LogP contribution in [0.4, 0.5) is 5.69 Å². The van der Waals surface area contributed by atoms with Crippen LogP contribution >= 0.6 is 15.9 Å². The first-order chi connectivity index (χ1) is 10.1. The van der Waals surface area contributed by atoms with Crippen LogP contribution in [0.1, 0.15) is 35.4 Å². The predicted octanol–water partition coefficient (Wildman–Crippen LogP) is 4.82. The molecule has 2 aromatic rings. The third kappa shape index (κ3) is 3.03. The van der Waals surface area contributed by atoms with Gasteiger partial charge in [0, 0.05) is 4.47 Å². The zero-order valence-corrected chi connectivity index (χ0v) is 13.6. The minimum Gasteiger partial charge on any atom is -0.325 e. The lowest BCUT2D eigenvalue weighted by atomic mass is 9.82. The number of aryl methyl sites for hydroxylation is 2. The summed E-state index contributed by atoms with van der Waals surface area (Å²) >= 11 is 3.50. The normalized spacial score (nSPS) is 17.1. The van der Waals surface area contributed by atoms with Crippen molar-refractivity contribution in [3.63, 3.8) is 0 Å². The molecule has 0 bridgehead atoms. The van der Waals surface area contributed by atoms with Gasteiger partial charge in [-0.1, -0.05) is 30.3 Å². The Labute approximate surface area is 133 Å². The van der Waals surface area contributed by atoms with Crippen molar-refractivity contribution >= 4 is 27.5 Å². The van der Waals surface area contributed by atoms with Crippen molar-refractivity contribution in [3.05, 3.63) is 63.6 Å². The SMILES string of the molecule is Cc1ccc(Br)c(NC(=O)C2CCCc3ccccc32)c1. The lowest BCUT2D eigenvalue weighted by Crippen LogP contribution is -2.24. The number of carbonyl (C=O) groups is 1. The molecule has 0 aromatic heterocycles. The van der Waals surface area contributed by atoms with E-state index in [2.05, 4.69) is 39.4 Å².